The van der Waals surface area contributed by atoms with Crippen molar-refractivity contribution in [3.05, 3.63) is 96.4 Å². The first-order chi connectivity index (χ1) is 16.6. The van der Waals surface area contributed by atoms with Crippen LogP contribution >= 0.6 is 54.2 Å². The molecule has 0 spiro atoms. The molecule has 0 amide bonds. The Hall–Kier alpha value is -2.16. The van der Waals surface area contributed by atoms with Crippen LogP contribution in [0.5, 0.6) is 0 Å². The number of halogens is 10. The zero-order chi connectivity index (χ0) is 27.2. The molecule has 188 valence electrons. The minimum Gasteiger partial charge on any atom is -0.288 e. The second-order valence-corrected chi connectivity index (χ2v) is 10.1. The predicted octanol–water partition coefficient (Wildman–Crippen LogP) is 8.86. The second-order valence-electron chi connectivity index (χ2n) is 7.01. The third kappa shape index (κ3) is 5.41. The van der Waals surface area contributed by atoms with E-state index in [0.29, 0.717) is 6.07 Å². The molecular weight excluding hydrogens is 599 g/mol. The molecule has 3 nitrogen and oxygen atoms in total. The van der Waals surface area contributed by atoms with Crippen molar-refractivity contribution in [3.8, 4) is 0 Å². The third-order valence-electron chi connectivity index (χ3n) is 4.78. The Morgan fingerprint density at radius 1 is 0.694 bits per heavy atom. The number of carbonyl (C=O) groups excluding carboxylic acids is 2. The maximum atomic E-state index is 13.5. The zero-order valence-electron chi connectivity index (χ0n) is 17.1. The Labute approximate surface area is 219 Å². The van der Waals surface area contributed by atoms with Gasteiger partial charge in [-0.1, -0.05) is 69.2 Å². The summed E-state index contributed by atoms with van der Waals surface area (Å²) >= 11 is 24.0. The van der Waals surface area contributed by atoms with Crippen molar-refractivity contribution < 1.29 is 40.5 Å². The summed E-state index contributed by atoms with van der Waals surface area (Å²) in [6.07, 6.45) is -10.8. The zero-order valence-corrected chi connectivity index (χ0v) is 21.0. The maximum absolute atomic E-state index is 13.5. The summed E-state index contributed by atoms with van der Waals surface area (Å²) in [4.78, 5) is 26.2. The van der Waals surface area contributed by atoms with Gasteiger partial charge < -0.3 is 0 Å². The molecule has 3 aromatic rings. The van der Waals surface area contributed by atoms with E-state index in [-0.39, 0.29) is 32.2 Å². The lowest BCUT2D eigenvalue weighted by molar-refractivity contribution is -0.143. The number of carbonyl (C=O) groups is 2. The third-order valence-corrected chi connectivity index (χ3v) is 7.77. The number of benzene rings is 3. The maximum Gasteiger partial charge on any atom is 0.459 e. The van der Waals surface area contributed by atoms with E-state index in [2.05, 4.69) is 0 Å². The van der Waals surface area contributed by atoms with Crippen LogP contribution in [-0.2, 0) is 16.9 Å². The van der Waals surface area contributed by atoms with Crippen LogP contribution in [-0.4, -0.2) is 11.3 Å². The molecule has 0 fully saturated rings. The standard InChI is InChI=1S/C22H8Cl4F6O3P/c23-12-8-13(24)18(26)16(17(12)25)19(33)9-4-1-2-7-14(9)36(35)20(34)15-10(21(27,28)29)5-3-6-11(15)22(30,31)32/h1-8H/q+1. The molecular formula is C22H8Cl4F6O3P+. The molecule has 3 aromatic carbocycles. The molecule has 1 unspecified atom stereocenters. The molecule has 1 atom stereocenters. The van der Waals surface area contributed by atoms with Gasteiger partial charge in [-0.15, -0.1) is 0 Å². The highest BCUT2D eigenvalue weighted by Gasteiger charge is 2.49. The quantitative estimate of drug-likeness (QED) is 0.126. The van der Waals surface area contributed by atoms with Crippen LogP contribution in [0.15, 0.2) is 48.5 Å². The molecule has 0 aliphatic rings. The van der Waals surface area contributed by atoms with Gasteiger partial charge in [0.15, 0.2) is 0 Å². The first kappa shape index (κ1) is 28.4. The SMILES string of the molecule is O=C(c1ccccc1[P+](=O)C(=O)c1c(C(F)(F)F)cccc1C(F)(F)F)c1c(Cl)c(Cl)cc(Cl)c1Cl. The number of hydrogen-bond acceptors (Lipinski definition) is 3. The average Bonchev–Trinajstić information content (AvgIpc) is 2.80. The van der Waals surface area contributed by atoms with Crippen LogP contribution in [0.25, 0.3) is 0 Å². The van der Waals surface area contributed by atoms with Gasteiger partial charge in [-0.25, -0.2) is 4.79 Å². The molecule has 0 radical (unpaired) electrons. The van der Waals surface area contributed by atoms with E-state index >= 15 is 0 Å². The van der Waals surface area contributed by atoms with Crippen LogP contribution in [0.3, 0.4) is 0 Å². The molecule has 0 saturated heterocycles. The lowest BCUT2D eigenvalue weighted by Crippen LogP contribution is -2.21. The summed E-state index contributed by atoms with van der Waals surface area (Å²) in [5.74, 6) is -1.07. The highest BCUT2D eigenvalue weighted by Crippen LogP contribution is 2.44. The van der Waals surface area contributed by atoms with Gasteiger partial charge >= 0.3 is 25.7 Å². The fraction of sp³-hybridized carbons (Fsp3) is 0.0909. The highest BCUT2D eigenvalue weighted by atomic mass is 35.5. The van der Waals surface area contributed by atoms with Gasteiger partial charge in [0.25, 0.3) is 0 Å². The van der Waals surface area contributed by atoms with Crippen molar-refractivity contribution >= 4 is 70.8 Å². The molecule has 0 aliphatic heterocycles. The first-order valence-electron chi connectivity index (χ1n) is 9.33. The Morgan fingerprint density at radius 3 is 1.64 bits per heavy atom. The lowest BCUT2D eigenvalue weighted by Gasteiger charge is -2.15. The summed E-state index contributed by atoms with van der Waals surface area (Å²) in [5.41, 5.74) is -8.66. The number of ketones is 1. The van der Waals surface area contributed by atoms with Gasteiger partial charge in [-0.05, 0) is 30.3 Å². The Kier molecular flexibility index (Phi) is 8.13. The molecule has 0 bridgehead atoms. The van der Waals surface area contributed by atoms with Crippen LogP contribution in [0.2, 0.25) is 20.1 Å². The van der Waals surface area contributed by atoms with E-state index in [4.69, 9.17) is 46.4 Å². The summed E-state index contributed by atoms with van der Waals surface area (Å²) in [7, 11) is -3.68. The number of rotatable bonds is 5. The molecule has 0 saturated carbocycles. The average molecular weight is 607 g/mol. The minimum absolute atomic E-state index is 0.193. The van der Waals surface area contributed by atoms with Crippen molar-refractivity contribution in [3.63, 3.8) is 0 Å². The first-order valence-corrected chi connectivity index (χ1v) is 12.1. The van der Waals surface area contributed by atoms with Gasteiger partial charge in [-0.3, -0.25) is 4.79 Å². The van der Waals surface area contributed by atoms with E-state index in [1.807, 2.05) is 0 Å². The summed E-state index contributed by atoms with van der Waals surface area (Å²) in [5, 5.41) is -1.76. The Morgan fingerprint density at radius 2 is 1.17 bits per heavy atom. The number of hydrogen-bond donors (Lipinski definition) is 0. The molecule has 14 heteroatoms. The molecule has 0 heterocycles. The van der Waals surface area contributed by atoms with E-state index < -0.39 is 64.6 Å². The lowest BCUT2D eigenvalue weighted by atomic mass is 10.0. The smallest absolute Gasteiger partial charge is 0.288 e. The fourth-order valence-electron chi connectivity index (χ4n) is 3.22. The molecule has 0 N–H and O–H groups in total. The predicted molar refractivity (Wildman–Crippen MR) is 124 cm³/mol. The van der Waals surface area contributed by atoms with Crippen molar-refractivity contribution in [1.82, 2.24) is 0 Å². The van der Waals surface area contributed by atoms with E-state index in [0.717, 1.165) is 18.2 Å². The Balaban J connectivity index is 2.22. The highest BCUT2D eigenvalue weighted by molar-refractivity contribution is 7.71. The van der Waals surface area contributed by atoms with Crippen molar-refractivity contribution in [2.24, 2.45) is 0 Å². The minimum atomic E-state index is -5.38. The van der Waals surface area contributed by atoms with Crippen molar-refractivity contribution in [2.45, 2.75) is 12.4 Å². The largest absolute Gasteiger partial charge is 0.459 e. The van der Waals surface area contributed by atoms with Crippen LogP contribution in [0.4, 0.5) is 26.3 Å². The van der Waals surface area contributed by atoms with Gasteiger partial charge in [0, 0.05) is 0 Å². The van der Waals surface area contributed by atoms with Crippen molar-refractivity contribution in [2.75, 3.05) is 0 Å². The summed E-state index contributed by atoms with van der Waals surface area (Å²) in [6.45, 7) is 0. The summed E-state index contributed by atoms with van der Waals surface area (Å²) < 4.78 is 94.2. The van der Waals surface area contributed by atoms with Gasteiger partial charge in [0.1, 0.15) is 0 Å². The molecule has 3 rings (SSSR count). The van der Waals surface area contributed by atoms with Gasteiger partial charge in [0.2, 0.25) is 11.1 Å². The molecule has 0 aromatic heterocycles. The van der Waals surface area contributed by atoms with E-state index in [9.17, 15) is 40.5 Å². The van der Waals surface area contributed by atoms with Crippen LogP contribution in [0, 0.1) is 0 Å². The molecule has 0 aliphatic carbocycles. The second kappa shape index (κ2) is 10.3. The van der Waals surface area contributed by atoms with E-state index in [1.54, 1.807) is 0 Å². The van der Waals surface area contributed by atoms with Gasteiger partial charge in [0.05, 0.1) is 47.9 Å². The molecule has 36 heavy (non-hydrogen) atoms. The van der Waals surface area contributed by atoms with Crippen LogP contribution in [0.1, 0.15) is 37.4 Å². The van der Waals surface area contributed by atoms with Crippen molar-refractivity contribution in [1.29, 1.82) is 0 Å². The Bertz CT molecular complexity index is 1360. The van der Waals surface area contributed by atoms with E-state index in [1.165, 1.54) is 12.1 Å². The summed E-state index contributed by atoms with van der Waals surface area (Å²) in [6, 6.07) is 6.55. The fourth-order valence-corrected chi connectivity index (χ4v) is 5.48. The monoisotopic (exact) mass is 605 g/mol. The van der Waals surface area contributed by atoms with Gasteiger partial charge in [-0.2, -0.15) is 26.3 Å². The van der Waals surface area contributed by atoms with Crippen LogP contribution < -0.4 is 5.30 Å². The number of alkyl halides is 6. The topological polar surface area (TPSA) is 51.2 Å². The normalized spacial score (nSPS) is 12.4.